The van der Waals surface area contributed by atoms with Crippen LogP contribution in [0, 0.1) is 6.92 Å². The molecule has 0 bridgehead atoms. The number of aliphatic hydroxyl groups is 1. The van der Waals surface area contributed by atoms with E-state index < -0.39 is 0 Å². The minimum atomic E-state index is 0.173. The first kappa shape index (κ1) is 14.6. The molecule has 0 amide bonds. The van der Waals surface area contributed by atoms with Crippen molar-refractivity contribution >= 4 is 0 Å². The molecule has 2 aromatic rings. The molecule has 0 radical (unpaired) electrons. The van der Waals surface area contributed by atoms with Crippen LogP contribution in [0.1, 0.15) is 16.7 Å². The molecule has 0 aliphatic rings. The summed E-state index contributed by atoms with van der Waals surface area (Å²) in [6.07, 6.45) is 0.679. The SMILES string of the molecule is CNCc1ccc(Oc2ccc(CCO)cc2)cc1C. The molecule has 0 unspecified atom stereocenters. The van der Waals surface area contributed by atoms with Gasteiger partial charge in [-0.25, -0.2) is 0 Å². The van der Waals surface area contributed by atoms with Gasteiger partial charge in [-0.2, -0.15) is 0 Å². The smallest absolute Gasteiger partial charge is 0.127 e. The lowest BCUT2D eigenvalue weighted by molar-refractivity contribution is 0.299. The van der Waals surface area contributed by atoms with Gasteiger partial charge in [-0.1, -0.05) is 18.2 Å². The highest BCUT2D eigenvalue weighted by atomic mass is 16.5. The van der Waals surface area contributed by atoms with Gasteiger partial charge in [0.1, 0.15) is 11.5 Å². The summed E-state index contributed by atoms with van der Waals surface area (Å²) in [5.74, 6) is 1.66. The first-order chi connectivity index (χ1) is 9.72. The van der Waals surface area contributed by atoms with Gasteiger partial charge in [0, 0.05) is 13.2 Å². The minimum Gasteiger partial charge on any atom is -0.457 e. The highest BCUT2D eigenvalue weighted by Crippen LogP contribution is 2.24. The van der Waals surface area contributed by atoms with Crippen LogP contribution in [0.15, 0.2) is 42.5 Å². The van der Waals surface area contributed by atoms with E-state index in [0.717, 1.165) is 23.6 Å². The van der Waals surface area contributed by atoms with Crippen molar-refractivity contribution in [3.05, 3.63) is 59.2 Å². The number of aryl methyl sites for hydroxylation is 1. The highest BCUT2D eigenvalue weighted by molar-refractivity contribution is 5.38. The Bertz CT molecular complexity index is 549. The van der Waals surface area contributed by atoms with E-state index in [2.05, 4.69) is 18.3 Å². The fraction of sp³-hybridized carbons (Fsp3) is 0.294. The number of hydrogen-bond donors (Lipinski definition) is 2. The quantitative estimate of drug-likeness (QED) is 0.848. The monoisotopic (exact) mass is 271 g/mol. The number of benzene rings is 2. The molecule has 0 atom stereocenters. The van der Waals surface area contributed by atoms with E-state index in [-0.39, 0.29) is 6.61 Å². The number of nitrogens with one attached hydrogen (secondary N) is 1. The van der Waals surface area contributed by atoms with Gasteiger partial charge in [-0.05, 0) is 61.3 Å². The maximum Gasteiger partial charge on any atom is 0.127 e. The van der Waals surface area contributed by atoms with E-state index in [1.807, 2.05) is 43.4 Å². The Morgan fingerprint density at radius 3 is 2.35 bits per heavy atom. The van der Waals surface area contributed by atoms with E-state index in [1.54, 1.807) is 0 Å². The van der Waals surface area contributed by atoms with E-state index >= 15 is 0 Å². The van der Waals surface area contributed by atoms with Crippen molar-refractivity contribution < 1.29 is 9.84 Å². The fourth-order valence-corrected chi connectivity index (χ4v) is 2.11. The van der Waals surface area contributed by atoms with Crippen LogP contribution >= 0.6 is 0 Å². The van der Waals surface area contributed by atoms with Gasteiger partial charge in [-0.3, -0.25) is 0 Å². The topological polar surface area (TPSA) is 41.5 Å². The molecule has 0 saturated carbocycles. The van der Waals surface area contributed by atoms with Crippen LogP contribution in [-0.2, 0) is 13.0 Å². The van der Waals surface area contributed by atoms with Crippen molar-refractivity contribution in [1.82, 2.24) is 5.32 Å². The third-order valence-electron chi connectivity index (χ3n) is 3.24. The standard InChI is InChI=1S/C17H21NO2/c1-13-11-17(8-5-15(13)12-18-2)20-16-6-3-14(4-7-16)9-10-19/h3-8,11,18-19H,9-10,12H2,1-2H3. The Kier molecular flexibility index (Phi) is 5.16. The number of hydrogen-bond acceptors (Lipinski definition) is 3. The molecule has 0 saturated heterocycles. The van der Waals surface area contributed by atoms with Crippen LogP contribution in [0.2, 0.25) is 0 Å². The maximum atomic E-state index is 8.89. The summed E-state index contributed by atoms with van der Waals surface area (Å²) < 4.78 is 5.84. The van der Waals surface area contributed by atoms with Crippen LogP contribution < -0.4 is 10.1 Å². The van der Waals surface area contributed by atoms with Crippen LogP contribution in [0.25, 0.3) is 0 Å². The van der Waals surface area contributed by atoms with Crippen LogP contribution in [0.5, 0.6) is 11.5 Å². The molecule has 3 heteroatoms. The van der Waals surface area contributed by atoms with Crippen molar-refractivity contribution in [2.24, 2.45) is 0 Å². The van der Waals surface area contributed by atoms with Gasteiger partial charge in [0.15, 0.2) is 0 Å². The molecule has 2 rings (SSSR count). The lowest BCUT2D eigenvalue weighted by atomic mass is 10.1. The third kappa shape index (κ3) is 3.83. The summed E-state index contributed by atoms with van der Waals surface area (Å²) in [6, 6.07) is 13.9. The predicted molar refractivity (Wildman–Crippen MR) is 81.2 cm³/mol. The van der Waals surface area contributed by atoms with Crippen LogP contribution in [-0.4, -0.2) is 18.8 Å². The second kappa shape index (κ2) is 7.08. The lowest BCUT2D eigenvalue weighted by Gasteiger charge is -2.10. The molecule has 20 heavy (non-hydrogen) atoms. The Hall–Kier alpha value is -1.84. The average Bonchev–Trinajstić information content (AvgIpc) is 2.44. The van der Waals surface area contributed by atoms with Crippen molar-refractivity contribution in [3.63, 3.8) is 0 Å². The Morgan fingerprint density at radius 2 is 1.75 bits per heavy atom. The fourth-order valence-electron chi connectivity index (χ4n) is 2.11. The van der Waals surface area contributed by atoms with Gasteiger partial charge in [0.2, 0.25) is 0 Å². The Balaban J connectivity index is 2.07. The summed E-state index contributed by atoms with van der Waals surface area (Å²) in [5, 5.41) is 12.0. The van der Waals surface area contributed by atoms with Crippen molar-refractivity contribution in [3.8, 4) is 11.5 Å². The zero-order chi connectivity index (χ0) is 14.4. The molecule has 0 fully saturated rings. The van der Waals surface area contributed by atoms with Gasteiger partial charge in [-0.15, -0.1) is 0 Å². The van der Waals surface area contributed by atoms with E-state index in [9.17, 15) is 0 Å². The molecular formula is C17H21NO2. The van der Waals surface area contributed by atoms with E-state index in [0.29, 0.717) is 6.42 Å². The summed E-state index contributed by atoms with van der Waals surface area (Å²) >= 11 is 0. The minimum absolute atomic E-state index is 0.173. The van der Waals surface area contributed by atoms with Gasteiger partial charge in [0.25, 0.3) is 0 Å². The van der Waals surface area contributed by atoms with Crippen LogP contribution in [0.3, 0.4) is 0 Å². The van der Waals surface area contributed by atoms with Gasteiger partial charge < -0.3 is 15.2 Å². The lowest BCUT2D eigenvalue weighted by Crippen LogP contribution is -2.06. The molecule has 0 heterocycles. The Labute approximate surface area is 120 Å². The van der Waals surface area contributed by atoms with E-state index in [4.69, 9.17) is 9.84 Å². The van der Waals surface area contributed by atoms with Crippen molar-refractivity contribution in [2.75, 3.05) is 13.7 Å². The number of rotatable bonds is 6. The van der Waals surface area contributed by atoms with Crippen molar-refractivity contribution in [1.29, 1.82) is 0 Å². The first-order valence-electron chi connectivity index (χ1n) is 6.84. The molecule has 2 aromatic carbocycles. The zero-order valence-corrected chi connectivity index (χ0v) is 12.0. The van der Waals surface area contributed by atoms with Crippen molar-refractivity contribution in [2.45, 2.75) is 19.9 Å². The molecule has 2 N–H and O–H groups in total. The number of aliphatic hydroxyl groups excluding tert-OH is 1. The summed E-state index contributed by atoms with van der Waals surface area (Å²) in [4.78, 5) is 0. The molecule has 106 valence electrons. The number of ether oxygens (including phenoxy) is 1. The molecule has 3 nitrogen and oxygen atoms in total. The third-order valence-corrected chi connectivity index (χ3v) is 3.24. The predicted octanol–water partition coefficient (Wildman–Crippen LogP) is 3.04. The molecule has 0 aliphatic carbocycles. The molecule has 0 spiro atoms. The zero-order valence-electron chi connectivity index (χ0n) is 12.0. The summed E-state index contributed by atoms with van der Waals surface area (Å²) in [5.41, 5.74) is 3.60. The van der Waals surface area contributed by atoms with Crippen LogP contribution in [0.4, 0.5) is 0 Å². The van der Waals surface area contributed by atoms with Gasteiger partial charge >= 0.3 is 0 Å². The molecule has 0 aromatic heterocycles. The summed E-state index contributed by atoms with van der Waals surface area (Å²) in [7, 11) is 1.94. The second-order valence-electron chi connectivity index (χ2n) is 4.84. The average molecular weight is 271 g/mol. The van der Waals surface area contributed by atoms with Gasteiger partial charge in [0.05, 0.1) is 0 Å². The second-order valence-corrected chi connectivity index (χ2v) is 4.84. The maximum absolute atomic E-state index is 8.89. The van der Waals surface area contributed by atoms with E-state index in [1.165, 1.54) is 11.1 Å². The summed E-state index contributed by atoms with van der Waals surface area (Å²) in [6.45, 7) is 3.12. The highest BCUT2D eigenvalue weighted by Gasteiger charge is 2.02. The normalized spacial score (nSPS) is 10.6. The Morgan fingerprint density at radius 1 is 1.05 bits per heavy atom. The largest absolute Gasteiger partial charge is 0.457 e. The first-order valence-corrected chi connectivity index (χ1v) is 6.84. The molecule has 0 aliphatic heterocycles. The molecular weight excluding hydrogens is 250 g/mol.